The Hall–Kier alpha value is -0.260. The third kappa shape index (κ3) is 2.72. The molecular weight excluding hydrogens is 240 g/mol. The minimum absolute atomic E-state index is 0.184. The normalized spacial score (nSPS) is 23.6. The molecule has 118 valence electrons. The van der Waals surface area contributed by atoms with Crippen LogP contribution in [0.1, 0.15) is 81.1 Å². The predicted octanol–water partition coefficient (Wildman–Crippen LogP) is 6.71. The van der Waals surface area contributed by atoms with Gasteiger partial charge in [0.1, 0.15) is 0 Å². The molecule has 0 nitrogen and oxygen atoms in total. The van der Waals surface area contributed by atoms with Crippen LogP contribution in [0.4, 0.5) is 0 Å². The van der Waals surface area contributed by atoms with E-state index in [0.717, 1.165) is 11.8 Å². The zero-order valence-electron chi connectivity index (χ0n) is 15.3. The Morgan fingerprint density at radius 3 is 1.90 bits per heavy atom. The molecule has 0 spiro atoms. The van der Waals surface area contributed by atoms with Gasteiger partial charge >= 0.3 is 0 Å². The fraction of sp³-hybridized carbons (Fsp3) is 0.900. The lowest BCUT2D eigenvalue weighted by atomic mass is 9.49. The maximum atomic E-state index is 4.22. The highest BCUT2D eigenvalue weighted by Crippen LogP contribution is 2.57. The van der Waals surface area contributed by atoms with Crippen LogP contribution in [-0.4, -0.2) is 0 Å². The van der Waals surface area contributed by atoms with Gasteiger partial charge in [-0.25, -0.2) is 0 Å². The van der Waals surface area contributed by atoms with E-state index in [4.69, 9.17) is 0 Å². The second-order valence-corrected chi connectivity index (χ2v) is 8.75. The lowest BCUT2D eigenvalue weighted by Crippen LogP contribution is -2.48. The molecule has 0 aromatic heterocycles. The van der Waals surface area contributed by atoms with Gasteiger partial charge in [0.15, 0.2) is 0 Å². The van der Waals surface area contributed by atoms with E-state index < -0.39 is 0 Å². The van der Waals surface area contributed by atoms with Crippen molar-refractivity contribution in [2.24, 2.45) is 34.0 Å². The summed E-state index contributed by atoms with van der Waals surface area (Å²) < 4.78 is 0. The van der Waals surface area contributed by atoms with Crippen LogP contribution in [0.15, 0.2) is 12.7 Å². The highest BCUT2D eigenvalue weighted by atomic mass is 14.5. The second-order valence-electron chi connectivity index (χ2n) is 8.75. The number of hydrogen-bond acceptors (Lipinski definition) is 0. The van der Waals surface area contributed by atoms with Crippen molar-refractivity contribution in [1.29, 1.82) is 0 Å². The van der Waals surface area contributed by atoms with Gasteiger partial charge in [0.05, 0.1) is 0 Å². The van der Waals surface area contributed by atoms with Crippen molar-refractivity contribution >= 4 is 0 Å². The van der Waals surface area contributed by atoms with E-state index in [9.17, 15) is 0 Å². The van der Waals surface area contributed by atoms with Crippen molar-refractivity contribution in [3.05, 3.63) is 12.7 Å². The zero-order chi connectivity index (χ0) is 15.8. The molecule has 3 atom stereocenters. The highest BCUT2D eigenvalue weighted by molar-refractivity contribution is 5.07. The molecule has 1 rings (SSSR count). The average molecular weight is 279 g/mol. The Morgan fingerprint density at radius 1 is 1.10 bits per heavy atom. The van der Waals surface area contributed by atoms with Crippen molar-refractivity contribution in [2.75, 3.05) is 0 Å². The maximum Gasteiger partial charge on any atom is -0.00674 e. The van der Waals surface area contributed by atoms with Crippen LogP contribution in [0.5, 0.6) is 0 Å². The summed E-state index contributed by atoms with van der Waals surface area (Å²) in [6.45, 7) is 23.7. The summed E-state index contributed by atoms with van der Waals surface area (Å²) in [5, 5.41) is 0. The Morgan fingerprint density at radius 2 is 1.60 bits per heavy atom. The standard InChI is InChI=1S/C20H38/c1-10-18(5,6)20(9,11-2)16(4)19(7,8)15(3)17-13-12-14-17/h11,15-17H,2,10,12-14H2,1,3-9H3. The van der Waals surface area contributed by atoms with E-state index in [0.29, 0.717) is 16.7 Å². The third-order valence-electron chi connectivity index (χ3n) is 7.81. The molecule has 0 heterocycles. The molecule has 1 aliphatic rings. The molecule has 0 amide bonds. The number of rotatable bonds is 7. The average Bonchev–Trinajstić information content (AvgIpc) is 2.34. The first-order chi connectivity index (χ1) is 9.04. The smallest absolute Gasteiger partial charge is 0.00674 e. The van der Waals surface area contributed by atoms with Crippen molar-refractivity contribution in [2.45, 2.75) is 81.1 Å². The molecule has 0 heteroatoms. The van der Waals surface area contributed by atoms with E-state index in [2.05, 4.69) is 68.0 Å². The van der Waals surface area contributed by atoms with E-state index in [1.165, 1.54) is 25.7 Å². The predicted molar refractivity (Wildman–Crippen MR) is 91.8 cm³/mol. The lowest BCUT2D eigenvalue weighted by molar-refractivity contribution is -0.0421. The quantitative estimate of drug-likeness (QED) is 0.454. The molecule has 0 aromatic rings. The first-order valence-corrected chi connectivity index (χ1v) is 8.68. The van der Waals surface area contributed by atoms with Crippen LogP contribution in [0, 0.1) is 34.0 Å². The molecular formula is C20H38. The fourth-order valence-electron chi connectivity index (χ4n) is 4.13. The van der Waals surface area contributed by atoms with Gasteiger partial charge in [0.2, 0.25) is 0 Å². The monoisotopic (exact) mass is 278 g/mol. The van der Waals surface area contributed by atoms with Gasteiger partial charge in [0, 0.05) is 0 Å². The largest absolute Gasteiger partial charge is 0.103 e. The van der Waals surface area contributed by atoms with Gasteiger partial charge in [-0.15, -0.1) is 6.58 Å². The van der Waals surface area contributed by atoms with Gasteiger partial charge in [-0.2, -0.15) is 0 Å². The molecule has 0 aliphatic heterocycles. The third-order valence-corrected chi connectivity index (χ3v) is 7.81. The summed E-state index contributed by atoms with van der Waals surface area (Å²) in [5.74, 6) is 2.39. The Balaban J connectivity index is 3.05. The molecule has 1 saturated carbocycles. The summed E-state index contributed by atoms with van der Waals surface area (Å²) >= 11 is 0. The Kier molecular flexibility index (Phi) is 5.21. The van der Waals surface area contributed by atoms with Crippen LogP contribution in [0.2, 0.25) is 0 Å². The van der Waals surface area contributed by atoms with Crippen LogP contribution in [-0.2, 0) is 0 Å². The molecule has 0 bridgehead atoms. The molecule has 0 N–H and O–H groups in total. The molecule has 1 fully saturated rings. The lowest BCUT2D eigenvalue weighted by Gasteiger charge is -2.55. The van der Waals surface area contributed by atoms with Crippen molar-refractivity contribution in [3.63, 3.8) is 0 Å². The molecule has 0 radical (unpaired) electrons. The molecule has 20 heavy (non-hydrogen) atoms. The topological polar surface area (TPSA) is 0 Å². The molecule has 3 unspecified atom stereocenters. The fourth-order valence-corrected chi connectivity index (χ4v) is 4.13. The second kappa shape index (κ2) is 5.85. The molecule has 0 aromatic carbocycles. The molecule has 1 aliphatic carbocycles. The number of allylic oxidation sites excluding steroid dienone is 1. The van der Waals surface area contributed by atoms with Crippen LogP contribution in [0.25, 0.3) is 0 Å². The van der Waals surface area contributed by atoms with Gasteiger partial charge in [0.25, 0.3) is 0 Å². The minimum atomic E-state index is 0.184. The summed E-state index contributed by atoms with van der Waals surface area (Å²) in [5.41, 5.74) is 0.842. The van der Waals surface area contributed by atoms with E-state index >= 15 is 0 Å². The Bertz CT molecular complexity index is 332. The van der Waals surface area contributed by atoms with Gasteiger partial charge in [-0.3, -0.25) is 0 Å². The van der Waals surface area contributed by atoms with E-state index in [-0.39, 0.29) is 5.41 Å². The first kappa shape index (κ1) is 17.8. The van der Waals surface area contributed by atoms with Crippen LogP contribution >= 0.6 is 0 Å². The summed E-state index contributed by atoms with van der Waals surface area (Å²) in [7, 11) is 0. The highest BCUT2D eigenvalue weighted by Gasteiger charge is 2.50. The SMILES string of the molecule is C=CC(C)(C(C)C(C)(C)C(C)C1CCC1)C(C)(C)CC. The summed E-state index contributed by atoms with van der Waals surface area (Å²) in [6.07, 6.45) is 7.78. The maximum absolute atomic E-state index is 4.22. The van der Waals surface area contributed by atoms with Gasteiger partial charge < -0.3 is 0 Å². The van der Waals surface area contributed by atoms with Crippen LogP contribution in [0.3, 0.4) is 0 Å². The summed E-state index contributed by atoms with van der Waals surface area (Å²) in [4.78, 5) is 0. The summed E-state index contributed by atoms with van der Waals surface area (Å²) in [6, 6.07) is 0. The van der Waals surface area contributed by atoms with Crippen molar-refractivity contribution in [3.8, 4) is 0 Å². The molecule has 0 saturated heterocycles. The van der Waals surface area contributed by atoms with Crippen molar-refractivity contribution < 1.29 is 0 Å². The van der Waals surface area contributed by atoms with Gasteiger partial charge in [-0.05, 0) is 34.0 Å². The zero-order valence-corrected chi connectivity index (χ0v) is 15.3. The van der Waals surface area contributed by atoms with Crippen molar-refractivity contribution in [1.82, 2.24) is 0 Å². The van der Waals surface area contributed by atoms with E-state index in [1.807, 2.05) is 0 Å². The number of hydrogen-bond donors (Lipinski definition) is 0. The first-order valence-electron chi connectivity index (χ1n) is 8.68. The Labute approximate surface area is 128 Å². The van der Waals surface area contributed by atoms with Gasteiger partial charge in [-0.1, -0.05) is 87.1 Å². The minimum Gasteiger partial charge on any atom is -0.103 e. The van der Waals surface area contributed by atoms with E-state index in [1.54, 1.807) is 0 Å². The van der Waals surface area contributed by atoms with Crippen LogP contribution < -0.4 is 0 Å².